The van der Waals surface area contributed by atoms with Crippen molar-refractivity contribution in [3.8, 4) is 5.69 Å². The van der Waals surface area contributed by atoms with Gasteiger partial charge in [0.1, 0.15) is 11.3 Å². The molecule has 7 heteroatoms. The number of carbonyl (C=O) groups is 1. The zero-order valence-electron chi connectivity index (χ0n) is 19.0. The summed E-state index contributed by atoms with van der Waals surface area (Å²) in [5.41, 5.74) is 5.98. The highest BCUT2D eigenvalue weighted by Crippen LogP contribution is 2.22. The minimum atomic E-state index is -0.0379. The second-order valence-corrected chi connectivity index (χ2v) is 8.49. The number of aromatic nitrogens is 3. The van der Waals surface area contributed by atoms with Gasteiger partial charge in [-0.1, -0.05) is 30.3 Å². The summed E-state index contributed by atoms with van der Waals surface area (Å²) in [6.45, 7) is 7.76. The van der Waals surface area contributed by atoms with Crippen molar-refractivity contribution in [2.75, 3.05) is 31.5 Å². The van der Waals surface area contributed by atoms with E-state index in [4.69, 9.17) is 4.98 Å². The van der Waals surface area contributed by atoms with Crippen LogP contribution in [-0.4, -0.2) is 56.5 Å². The summed E-state index contributed by atoms with van der Waals surface area (Å²) in [4.78, 5) is 26.5. The van der Waals surface area contributed by atoms with Crippen LogP contribution in [0.25, 0.3) is 16.9 Å². The van der Waals surface area contributed by atoms with E-state index in [0.29, 0.717) is 19.6 Å². The van der Waals surface area contributed by atoms with Crippen molar-refractivity contribution in [3.63, 3.8) is 0 Å². The van der Waals surface area contributed by atoms with Crippen molar-refractivity contribution in [3.05, 3.63) is 83.8 Å². The summed E-state index contributed by atoms with van der Waals surface area (Å²) < 4.78 is 2.13. The molecule has 168 valence electrons. The SMILES string of the molecule is Cc1cccc(NC(=O)N2CCN(Cc3nc4cccnc4n3-c3ccccc3)CC2)c1C. The smallest absolute Gasteiger partial charge is 0.321 e. The predicted octanol–water partition coefficient (Wildman–Crippen LogP) is 4.39. The van der Waals surface area contributed by atoms with Crippen LogP contribution in [0.3, 0.4) is 0 Å². The van der Waals surface area contributed by atoms with Gasteiger partial charge < -0.3 is 10.2 Å². The van der Waals surface area contributed by atoms with Crippen molar-refractivity contribution in [1.82, 2.24) is 24.3 Å². The zero-order chi connectivity index (χ0) is 22.8. The van der Waals surface area contributed by atoms with Gasteiger partial charge in [-0.05, 0) is 55.3 Å². The number of pyridine rings is 1. The molecule has 1 N–H and O–H groups in total. The Morgan fingerprint density at radius 2 is 1.73 bits per heavy atom. The van der Waals surface area contributed by atoms with Gasteiger partial charge >= 0.3 is 6.03 Å². The molecule has 0 bridgehead atoms. The average Bonchev–Trinajstić information content (AvgIpc) is 3.20. The minimum absolute atomic E-state index is 0.0379. The number of carbonyl (C=O) groups excluding carboxylic acids is 1. The van der Waals surface area contributed by atoms with Gasteiger partial charge in [0.25, 0.3) is 0 Å². The number of amides is 2. The second-order valence-electron chi connectivity index (χ2n) is 8.49. The number of anilines is 1. The maximum Gasteiger partial charge on any atom is 0.321 e. The van der Waals surface area contributed by atoms with E-state index in [1.165, 1.54) is 5.56 Å². The summed E-state index contributed by atoms with van der Waals surface area (Å²) in [5.74, 6) is 0.961. The van der Waals surface area contributed by atoms with E-state index in [1.807, 2.05) is 54.3 Å². The Balaban J connectivity index is 1.28. The molecule has 3 heterocycles. The summed E-state index contributed by atoms with van der Waals surface area (Å²) in [6, 6.07) is 20.1. The van der Waals surface area contributed by atoms with Gasteiger partial charge in [-0.25, -0.2) is 14.8 Å². The lowest BCUT2D eigenvalue weighted by molar-refractivity contribution is 0.140. The highest BCUT2D eigenvalue weighted by atomic mass is 16.2. The molecule has 5 rings (SSSR count). The fourth-order valence-electron chi connectivity index (χ4n) is 4.30. The second kappa shape index (κ2) is 9.03. The topological polar surface area (TPSA) is 66.3 Å². The highest BCUT2D eigenvalue weighted by Gasteiger charge is 2.24. The number of para-hydroxylation sites is 1. The van der Waals surface area contributed by atoms with Gasteiger partial charge in [0, 0.05) is 43.8 Å². The molecule has 0 unspecified atom stereocenters. The fourth-order valence-corrected chi connectivity index (χ4v) is 4.30. The molecule has 2 amide bonds. The normalized spacial score (nSPS) is 14.5. The summed E-state index contributed by atoms with van der Waals surface area (Å²) >= 11 is 0. The number of piperazine rings is 1. The van der Waals surface area contributed by atoms with Crippen LogP contribution in [-0.2, 0) is 6.54 Å². The van der Waals surface area contributed by atoms with Crippen molar-refractivity contribution < 1.29 is 4.79 Å². The number of hydrogen-bond acceptors (Lipinski definition) is 4. The Kier molecular flexibility index (Phi) is 5.79. The maximum absolute atomic E-state index is 12.8. The Labute approximate surface area is 193 Å². The van der Waals surface area contributed by atoms with Crippen molar-refractivity contribution in [2.24, 2.45) is 0 Å². The van der Waals surface area contributed by atoms with Gasteiger partial charge in [0.2, 0.25) is 0 Å². The van der Waals surface area contributed by atoms with Crippen LogP contribution in [0.5, 0.6) is 0 Å². The van der Waals surface area contributed by atoms with Gasteiger partial charge in [0.05, 0.1) is 6.54 Å². The number of rotatable bonds is 4. The molecule has 33 heavy (non-hydrogen) atoms. The molecule has 1 saturated heterocycles. The molecule has 7 nitrogen and oxygen atoms in total. The van der Waals surface area contributed by atoms with E-state index in [-0.39, 0.29) is 6.03 Å². The summed E-state index contributed by atoms with van der Waals surface area (Å²) in [5, 5.41) is 3.08. The van der Waals surface area contributed by atoms with Crippen LogP contribution < -0.4 is 5.32 Å². The molecule has 2 aromatic carbocycles. The lowest BCUT2D eigenvalue weighted by Gasteiger charge is -2.34. The Hall–Kier alpha value is -3.71. The first-order valence-corrected chi connectivity index (χ1v) is 11.3. The van der Waals surface area contributed by atoms with E-state index in [2.05, 4.69) is 44.9 Å². The van der Waals surface area contributed by atoms with E-state index in [9.17, 15) is 4.79 Å². The number of nitrogens with zero attached hydrogens (tertiary/aromatic N) is 5. The van der Waals surface area contributed by atoms with Gasteiger partial charge in [0.15, 0.2) is 5.65 Å². The van der Waals surface area contributed by atoms with Crippen molar-refractivity contribution >= 4 is 22.9 Å². The van der Waals surface area contributed by atoms with E-state index in [0.717, 1.165) is 47.0 Å². The highest BCUT2D eigenvalue weighted by molar-refractivity contribution is 5.90. The number of urea groups is 1. The molecular formula is C26H28N6O. The number of imidazole rings is 1. The number of benzene rings is 2. The molecule has 0 saturated carbocycles. The largest absolute Gasteiger partial charge is 0.322 e. The molecule has 4 aromatic rings. The summed E-state index contributed by atoms with van der Waals surface area (Å²) in [6.07, 6.45) is 1.81. The van der Waals surface area contributed by atoms with Crippen LogP contribution in [0.4, 0.5) is 10.5 Å². The quantitative estimate of drug-likeness (QED) is 0.511. The first-order chi connectivity index (χ1) is 16.1. The Morgan fingerprint density at radius 1 is 0.939 bits per heavy atom. The number of aryl methyl sites for hydroxylation is 1. The molecule has 0 radical (unpaired) electrons. The predicted molar refractivity (Wildman–Crippen MR) is 131 cm³/mol. The van der Waals surface area contributed by atoms with E-state index in [1.54, 1.807) is 6.20 Å². The van der Waals surface area contributed by atoms with Crippen molar-refractivity contribution in [1.29, 1.82) is 0 Å². The van der Waals surface area contributed by atoms with Crippen LogP contribution in [0.2, 0.25) is 0 Å². The number of fused-ring (bicyclic) bond motifs is 1. The Morgan fingerprint density at radius 3 is 2.52 bits per heavy atom. The standard InChI is InChI=1S/C26H28N6O/c1-19-8-6-11-22(20(19)2)29-26(33)31-16-14-30(15-17-31)18-24-28-23-12-7-13-27-25(23)32(24)21-9-4-3-5-10-21/h3-13H,14-18H2,1-2H3,(H,29,33). The zero-order valence-corrected chi connectivity index (χ0v) is 19.0. The molecule has 2 aromatic heterocycles. The maximum atomic E-state index is 12.8. The van der Waals surface area contributed by atoms with Gasteiger partial charge in [-0.3, -0.25) is 9.47 Å². The van der Waals surface area contributed by atoms with E-state index < -0.39 is 0 Å². The first-order valence-electron chi connectivity index (χ1n) is 11.3. The molecule has 0 atom stereocenters. The molecule has 1 aliphatic rings. The van der Waals surface area contributed by atoms with Crippen LogP contribution in [0.15, 0.2) is 66.9 Å². The Bertz CT molecular complexity index is 1270. The number of nitrogens with one attached hydrogen (secondary N) is 1. The lowest BCUT2D eigenvalue weighted by atomic mass is 10.1. The van der Waals surface area contributed by atoms with Crippen LogP contribution in [0, 0.1) is 13.8 Å². The van der Waals surface area contributed by atoms with Crippen LogP contribution in [0.1, 0.15) is 17.0 Å². The summed E-state index contributed by atoms with van der Waals surface area (Å²) in [7, 11) is 0. The molecule has 0 spiro atoms. The third-order valence-electron chi connectivity index (χ3n) is 6.37. The monoisotopic (exact) mass is 440 g/mol. The fraction of sp³-hybridized carbons (Fsp3) is 0.269. The van der Waals surface area contributed by atoms with Gasteiger partial charge in [-0.15, -0.1) is 0 Å². The molecular weight excluding hydrogens is 412 g/mol. The molecule has 1 aliphatic heterocycles. The van der Waals surface area contributed by atoms with Gasteiger partial charge in [-0.2, -0.15) is 0 Å². The number of hydrogen-bond donors (Lipinski definition) is 1. The first kappa shape index (κ1) is 21.2. The van der Waals surface area contributed by atoms with E-state index >= 15 is 0 Å². The average molecular weight is 441 g/mol. The molecule has 0 aliphatic carbocycles. The third kappa shape index (κ3) is 4.32. The minimum Gasteiger partial charge on any atom is -0.322 e. The molecule has 1 fully saturated rings. The third-order valence-corrected chi connectivity index (χ3v) is 6.37. The van der Waals surface area contributed by atoms with Crippen molar-refractivity contribution in [2.45, 2.75) is 20.4 Å². The van der Waals surface area contributed by atoms with Crippen LogP contribution >= 0.6 is 0 Å². The lowest BCUT2D eigenvalue weighted by Crippen LogP contribution is -2.49.